The minimum Gasteiger partial charge on any atom is -0.355 e. The molecule has 0 unspecified atom stereocenters. The highest BCUT2D eigenvalue weighted by atomic mass is 16.1. The summed E-state index contributed by atoms with van der Waals surface area (Å²) in [5.74, 6) is 0.629. The quantitative estimate of drug-likeness (QED) is 0.712. The predicted octanol–water partition coefficient (Wildman–Crippen LogP) is 3.38. The number of fused-ring (bicyclic) bond motifs is 2. The molecule has 1 aliphatic heterocycles. The normalized spacial score (nSPS) is 23.3. The second kappa shape index (κ2) is 7.88. The zero-order valence-electron chi connectivity index (χ0n) is 17.8. The highest BCUT2D eigenvalue weighted by Gasteiger charge is 2.41. The van der Waals surface area contributed by atoms with Crippen LogP contribution in [0.15, 0.2) is 48.8 Å². The molecule has 0 radical (unpaired) electrons. The Hall–Kier alpha value is -2.66. The lowest BCUT2D eigenvalue weighted by atomic mass is 9.72. The van der Waals surface area contributed by atoms with E-state index in [9.17, 15) is 4.79 Å². The molecule has 5 heteroatoms. The second-order valence-corrected chi connectivity index (χ2v) is 8.79. The van der Waals surface area contributed by atoms with Crippen molar-refractivity contribution in [2.24, 2.45) is 5.92 Å². The first-order chi connectivity index (χ1) is 14.7. The summed E-state index contributed by atoms with van der Waals surface area (Å²) in [6, 6.07) is 13.1. The van der Waals surface area contributed by atoms with Gasteiger partial charge in [0, 0.05) is 67.0 Å². The van der Waals surface area contributed by atoms with Gasteiger partial charge in [0.05, 0.1) is 5.92 Å². The van der Waals surface area contributed by atoms with Gasteiger partial charge in [-0.3, -0.25) is 9.78 Å². The first-order valence-corrected chi connectivity index (χ1v) is 11.1. The number of carbonyl (C=O) groups is 1. The SMILES string of the molecule is CCn1cc2c3c(cccc31)[C@H]1C[C@@H](C(=O)NCCc3ccccn3)CN(C)[C@@H]1C2. The van der Waals surface area contributed by atoms with E-state index in [2.05, 4.69) is 58.1 Å². The predicted molar refractivity (Wildman–Crippen MR) is 120 cm³/mol. The van der Waals surface area contributed by atoms with Crippen molar-refractivity contribution in [3.8, 4) is 0 Å². The standard InChI is InChI=1S/C25H30N4O/c1-3-29-16-17-14-23-21(20-8-6-9-22(29)24(17)20)13-18(15-28(23)2)25(30)27-12-10-19-7-4-5-11-26-19/h4-9,11,16,18,21,23H,3,10,12-15H2,1-2H3,(H,27,30)/t18-,21-,23-/m1/s1. The van der Waals surface area contributed by atoms with E-state index in [1.807, 2.05) is 18.2 Å². The molecule has 1 N–H and O–H groups in total. The van der Waals surface area contributed by atoms with Crippen LogP contribution in [0.5, 0.6) is 0 Å². The summed E-state index contributed by atoms with van der Waals surface area (Å²) >= 11 is 0. The van der Waals surface area contributed by atoms with Crippen LogP contribution in [-0.4, -0.2) is 46.5 Å². The van der Waals surface area contributed by atoms with Crippen LogP contribution in [0.3, 0.4) is 0 Å². The largest absolute Gasteiger partial charge is 0.355 e. The number of likely N-dealkylation sites (tertiary alicyclic amines) is 1. The Bertz CT molecular complexity index is 1060. The van der Waals surface area contributed by atoms with Gasteiger partial charge in [-0.2, -0.15) is 0 Å². The van der Waals surface area contributed by atoms with E-state index in [-0.39, 0.29) is 11.8 Å². The van der Waals surface area contributed by atoms with Crippen molar-refractivity contribution in [3.63, 3.8) is 0 Å². The number of carbonyl (C=O) groups excluding carboxylic acids is 1. The maximum atomic E-state index is 13.0. The fraction of sp³-hybridized carbons (Fsp3) is 0.440. The molecule has 2 aromatic heterocycles. The number of aromatic nitrogens is 2. The van der Waals surface area contributed by atoms with E-state index in [0.717, 1.165) is 38.0 Å². The topological polar surface area (TPSA) is 50.2 Å². The number of nitrogens with one attached hydrogen (secondary N) is 1. The van der Waals surface area contributed by atoms with Crippen LogP contribution in [0, 0.1) is 5.92 Å². The highest BCUT2D eigenvalue weighted by Crippen LogP contribution is 2.44. The molecule has 3 aromatic rings. The van der Waals surface area contributed by atoms with Crippen LogP contribution < -0.4 is 5.32 Å². The number of nitrogens with zero attached hydrogens (tertiary/aromatic N) is 3. The molecule has 2 aliphatic rings. The third-order valence-electron chi connectivity index (χ3n) is 7.04. The molecule has 1 aromatic carbocycles. The molecule has 1 fully saturated rings. The molecule has 1 amide bonds. The summed E-state index contributed by atoms with van der Waals surface area (Å²) in [4.78, 5) is 19.7. The number of aryl methyl sites for hydroxylation is 1. The lowest BCUT2D eigenvalue weighted by Gasteiger charge is -2.45. The fourth-order valence-corrected chi connectivity index (χ4v) is 5.57. The Balaban J connectivity index is 1.33. The van der Waals surface area contributed by atoms with E-state index in [1.54, 1.807) is 6.20 Å². The third kappa shape index (κ3) is 3.31. The van der Waals surface area contributed by atoms with Gasteiger partial charge in [-0.25, -0.2) is 0 Å². The third-order valence-corrected chi connectivity index (χ3v) is 7.04. The van der Waals surface area contributed by atoms with Crippen molar-refractivity contribution in [2.45, 2.75) is 44.7 Å². The van der Waals surface area contributed by atoms with Crippen molar-refractivity contribution in [1.29, 1.82) is 0 Å². The van der Waals surface area contributed by atoms with Crippen LogP contribution in [0.4, 0.5) is 0 Å². The lowest BCUT2D eigenvalue weighted by molar-refractivity contribution is -0.127. The molecule has 0 bridgehead atoms. The number of hydrogen-bond donors (Lipinski definition) is 1. The van der Waals surface area contributed by atoms with Crippen molar-refractivity contribution in [2.75, 3.05) is 20.1 Å². The van der Waals surface area contributed by atoms with E-state index >= 15 is 0 Å². The van der Waals surface area contributed by atoms with Crippen LogP contribution in [0.1, 0.15) is 36.1 Å². The number of benzene rings is 1. The number of amides is 1. The average molecular weight is 403 g/mol. The van der Waals surface area contributed by atoms with Gasteiger partial charge >= 0.3 is 0 Å². The molecule has 3 atom stereocenters. The van der Waals surface area contributed by atoms with Gasteiger partial charge in [-0.05, 0) is 56.1 Å². The van der Waals surface area contributed by atoms with E-state index in [4.69, 9.17) is 0 Å². The Morgan fingerprint density at radius 1 is 1.23 bits per heavy atom. The Morgan fingerprint density at radius 2 is 2.13 bits per heavy atom. The van der Waals surface area contributed by atoms with Crippen LogP contribution in [0.2, 0.25) is 0 Å². The molecule has 3 heterocycles. The van der Waals surface area contributed by atoms with Gasteiger partial charge in [-0.1, -0.05) is 18.2 Å². The number of pyridine rings is 1. The summed E-state index contributed by atoms with van der Waals surface area (Å²) in [6.07, 6.45) is 6.93. The molecular weight excluding hydrogens is 372 g/mol. The molecule has 0 saturated carbocycles. The van der Waals surface area contributed by atoms with E-state index in [1.165, 1.54) is 22.0 Å². The van der Waals surface area contributed by atoms with Gasteiger partial charge in [0.15, 0.2) is 0 Å². The number of piperidine rings is 1. The van der Waals surface area contributed by atoms with Crippen molar-refractivity contribution in [1.82, 2.24) is 19.8 Å². The Labute approximate surface area is 178 Å². The zero-order valence-corrected chi connectivity index (χ0v) is 17.8. The maximum Gasteiger partial charge on any atom is 0.224 e. The van der Waals surface area contributed by atoms with Gasteiger partial charge in [0.1, 0.15) is 0 Å². The number of rotatable bonds is 5. The lowest BCUT2D eigenvalue weighted by Crippen LogP contribution is -2.51. The van der Waals surface area contributed by atoms with E-state index < -0.39 is 0 Å². The first-order valence-electron chi connectivity index (χ1n) is 11.1. The minimum atomic E-state index is 0.0325. The van der Waals surface area contributed by atoms with Crippen LogP contribution in [0.25, 0.3) is 10.9 Å². The molecular formula is C25H30N4O. The number of likely N-dealkylation sites (N-methyl/N-ethyl adjacent to an activating group) is 1. The summed E-state index contributed by atoms with van der Waals surface area (Å²) in [7, 11) is 2.19. The summed E-state index contributed by atoms with van der Waals surface area (Å²) in [5, 5.41) is 4.60. The minimum absolute atomic E-state index is 0.0325. The Morgan fingerprint density at radius 3 is 2.93 bits per heavy atom. The molecule has 5 nitrogen and oxygen atoms in total. The number of hydrogen-bond acceptors (Lipinski definition) is 3. The van der Waals surface area contributed by atoms with Crippen LogP contribution >= 0.6 is 0 Å². The molecule has 0 spiro atoms. The van der Waals surface area contributed by atoms with Gasteiger partial charge in [0.25, 0.3) is 0 Å². The Kier molecular flexibility index (Phi) is 5.07. The van der Waals surface area contributed by atoms with Crippen LogP contribution in [-0.2, 0) is 24.2 Å². The van der Waals surface area contributed by atoms with Crippen molar-refractivity contribution >= 4 is 16.8 Å². The molecule has 1 aliphatic carbocycles. The maximum absolute atomic E-state index is 13.0. The van der Waals surface area contributed by atoms with Gasteiger partial charge < -0.3 is 14.8 Å². The van der Waals surface area contributed by atoms with E-state index in [0.29, 0.717) is 18.5 Å². The van der Waals surface area contributed by atoms with Gasteiger partial charge in [-0.15, -0.1) is 0 Å². The molecule has 1 saturated heterocycles. The summed E-state index contributed by atoms with van der Waals surface area (Å²) in [6.45, 7) is 4.67. The second-order valence-electron chi connectivity index (χ2n) is 8.79. The average Bonchev–Trinajstić information content (AvgIpc) is 3.14. The zero-order chi connectivity index (χ0) is 20.7. The first kappa shape index (κ1) is 19.3. The van der Waals surface area contributed by atoms with Gasteiger partial charge in [0.2, 0.25) is 5.91 Å². The highest BCUT2D eigenvalue weighted by molar-refractivity contribution is 5.89. The molecule has 30 heavy (non-hydrogen) atoms. The molecule has 156 valence electrons. The van der Waals surface area contributed by atoms with Crippen molar-refractivity contribution in [3.05, 3.63) is 65.6 Å². The fourth-order valence-electron chi connectivity index (χ4n) is 5.57. The molecule has 5 rings (SSSR count). The smallest absolute Gasteiger partial charge is 0.224 e. The summed E-state index contributed by atoms with van der Waals surface area (Å²) in [5.41, 5.74) is 5.26. The summed E-state index contributed by atoms with van der Waals surface area (Å²) < 4.78 is 2.37. The monoisotopic (exact) mass is 402 g/mol. The van der Waals surface area contributed by atoms with Crippen molar-refractivity contribution < 1.29 is 4.79 Å².